The molecular formula is C14H19NO4. The molecule has 2 N–H and O–H groups in total. The zero-order valence-corrected chi connectivity index (χ0v) is 11.4. The van der Waals surface area contributed by atoms with Gasteiger partial charge in [0.2, 0.25) is 0 Å². The molecule has 0 aliphatic carbocycles. The molecule has 0 aliphatic rings. The molecule has 19 heavy (non-hydrogen) atoms. The number of nitrogens with one attached hydrogen (secondary N) is 1. The van der Waals surface area contributed by atoms with E-state index in [0.29, 0.717) is 6.54 Å². The van der Waals surface area contributed by atoms with Crippen molar-refractivity contribution in [3.8, 4) is 0 Å². The predicted molar refractivity (Wildman–Crippen MR) is 71.0 cm³/mol. The van der Waals surface area contributed by atoms with Crippen LogP contribution in [0.5, 0.6) is 0 Å². The maximum Gasteiger partial charge on any atom is 0.335 e. The SMILES string of the molecule is CC(C)(C)OC(=O)CNCc1ccc(C(=O)O)cc1. The largest absolute Gasteiger partial charge is 0.478 e. The van der Waals surface area contributed by atoms with E-state index in [4.69, 9.17) is 9.84 Å². The number of esters is 1. The minimum absolute atomic E-state index is 0.123. The second-order valence-electron chi connectivity index (χ2n) is 5.19. The Hall–Kier alpha value is -1.88. The molecule has 0 heterocycles. The Morgan fingerprint density at radius 3 is 2.26 bits per heavy atom. The normalized spacial score (nSPS) is 11.1. The number of carboxylic acid groups (broad SMARTS) is 1. The molecule has 0 spiro atoms. The van der Waals surface area contributed by atoms with Crippen LogP contribution in [0.25, 0.3) is 0 Å². The summed E-state index contributed by atoms with van der Waals surface area (Å²) in [5.41, 5.74) is 0.673. The van der Waals surface area contributed by atoms with Crippen molar-refractivity contribution in [3.05, 3.63) is 35.4 Å². The molecule has 0 aliphatic heterocycles. The van der Waals surface area contributed by atoms with Crippen LogP contribution in [0, 0.1) is 0 Å². The van der Waals surface area contributed by atoms with Gasteiger partial charge in [-0.05, 0) is 38.5 Å². The second kappa shape index (κ2) is 6.33. The summed E-state index contributed by atoms with van der Waals surface area (Å²) in [5, 5.41) is 11.7. The first kappa shape index (κ1) is 15.2. The van der Waals surface area contributed by atoms with Crippen molar-refractivity contribution in [3.63, 3.8) is 0 Å². The van der Waals surface area contributed by atoms with Crippen LogP contribution < -0.4 is 5.32 Å². The van der Waals surface area contributed by atoms with Crippen molar-refractivity contribution in [1.29, 1.82) is 0 Å². The van der Waals surface area contributed by atoms with Gasteiger partial charge < -0.3 is 15.2 Å². The van der Waals surface area contributed by atoms with E-state index in [2.05, 4.69) is 5.32 Å². The number of aromatic carboxylic acids is 1. The van der Waals surface area contributed by atoms with Crippen molar-refractivity contribution in [2.45, 2.75) is 32.9 Å². The number of hydrogen-bond acceptors (Lipinski definition) is 4. The first-order valence-electron chi connectivity index (χ1n) is 6.03. The molecular weight excluding hydrogens is 246 g/mol. The van der Waals surface area contributed by atoms with Gasteiger partial charge in [0.1, 0.15) is 5.60 Å². The zero-order valence-electron chi connectivity index (χ0n) is 11.4. The van der Waals surface area contributed by atoms with Gasteiger partial charge >= 0.3 is 11.9 Å². The third-order valence-corrected chi connectivity index (χ3v) is 2.22. The van der Waals surface area contributed by atoms with Gasteiger partial charge in [0.25, 0.3) is 0 Å². The Balaban J connectivity index is 2.37. The van der Waals surface area contributed by atoms with E-state index in [0.717, 1.165) is 5.56 Å². The first-order valence-corrected chi connectivity index (χ1v) is 6.03. The summed E-state index contributed by atoms with van der Waals surface area (Å²) in [4.78, 5) is 22.1. The van der Waals surface area contributed by atoms with Gasteiger partial charge in [-0.1, -0.05) is 12.1 Å². The third kappa shape index (κ3) is 6.01. The minimum Gasteiger partial charge on any atom is -0.478 e. The lowest BCUT2D eigenvalue weighted by Crippen LogP contribution is -2.31. The highest BCUT2D eigenvalue weighted by molar-refractivity contribution is 5.87. The molecule has 104 valence electrons. The summed E-state index contributed by atoms with van der Waals surface area (Å²) in [6, 6.07) is 6.50. The Morgan fingerprint density at radius 2 is 1.79 bits per heavy atom. The van der Waals surface area contributed by atoms with E-state index in [1.54, 1.807) is 12.1 Å². The number of rotatable bonds is 5. The summed E-state index contributed by atoms with van der Waals surface area (Å²) in [7, 11) is 0. The number of benzene rings is 1. The number of carboxylic acids is 1. The van der Waals surface area contributed by atoms with E-state index in [-0.39, 0.29) is 18.1 Å². The predicted octanol–water partition coefficient (Wildman–Crippen LogP) is 1.82. The smallest absolute Gasteiger partial charge is 0.335 e. The van der Waals surface area contributed by atoms with Crippen molar-refractivity contribution in [1.82, 2.24) is 5.32 Å². The summed E-state index contributed by atoms with van der Waals surface area (Å²) in [5.74, 6) is -1.26. The zero-order chi connectivity index (χ0) is 14.5. The number of ether oxygens (including phenoxy) is 1. The lowest BCUT2D eigenvalue weighted by Gasteiger charge is -2.19. The van der Waals surface area contributed by atoms with Gasteiger partial charge in [0.05, 0.1) is 12.1 Å². The average molecular weight is 265 g/mol. The molecule has 0 fully saturated rings. The Kier molecular flexibility index (Phi) is 5.06. The standard InChI is InChI=1S/C14H19NO4/c1-14(2,3)19-12(16)9-15-8-10-4-6-11(7-5-10)13(17)18/h4-7,15H,8-9H2,1-3H3,(H,17,18). The molecule has 1 aromatic rings. The maximum atomic E-state index is 11.4. The average Bonchev–Trinajstić information content (AvgIpc) is 2.27. The summed E-state index contributed by atoms with van der Waals surface area (Å²) >= 11 is 0. The number of hydrogen-bond donors (Lipinski definition) is 2. The van der Waals surface area contributed by atoms with Crippen LogP contribution in [0.1, 0.15) is 36.7 Å². The lowest BCUT2D eigenvalue weighted by molar-refractivity contribution is -0.153. The Bertz CT molecular complexity index is 446. The van der Waals surface area contributed by atoms with E-state index in [1.807, 2.05) is 20.8 Å². The number of carbonyl (C=O) groups is 2. The first-order chi connectivity index (χ1) is 8.78. The molecule has 5 heteroatoms. The lowest BCUT2D eigenvalue weighted by atomic mass is 10.1. The fourth-order valence-electron chi connectivity index (χ4n) is 1.45. The second-order valence-corrected chi connectivity index (χ2v) is 5.19. The topological polar surface area (TPSA) is 75.6 Å². The van der Waals surface area contributed by atoms with Gasteiger partial charge in [0.15, 0.2) is 0 Å². The molecule has 0 atom stereocenters. The molecule has 0 saturated carbocycles. The van der Waals surface area contributed by atoms with Gasteiger partial charge in [-0.15, -0.1) is 0 Å². The maximum absolute atomic E-state index is 11.4. The fraction of sp³-hybridized carbons (Fsp3) is 0.429. The highest BCUT2D eigenvalue weighted by Crippen LogP contribution is 2.07. The molecule has 5 nitrogen and oxygen atoms in total. The molecule has 0 radical (unpaired) electrons. The van der Waals surface area contributed by atoms with Crippen LogP contribution in [-0.4, -0.2) is 29.2 Å². The third-order valence-electron chi connectivity index (χ3n) is 2.22. The summed E-state index contributed by atoms with van der Waals surface area (Å²) in [6.07, 6.45) is 0. The number of carbonyl (C=O) groups excluding carboxylic acids is 1. The van der Waals surface area contributed by atoms with Gasteiger partial charge in [0, 0.05) is 6.54 Å². The highest BCUT2D eigenvalue weighted by atomic mass is 16.6. The van der Waals surface area contributed by atoms with Gasteiger partial charge in [-0.25, -0.2) is 4.79 Å². The van der Waals surface area contributed by atoms with Crippen LogP contribution in [0.2, 0.25) is 0 Å². The molecule has 0 amide bonds. The molecule has 0 saturated heterocycles. The molecule has 0 aromatic heterocycles. The van der Waals surface area contributed by atoms with Crippen LogP contribution in [0.4, 0.5) is 0 Å². The monoisotopic (exact) mass is 265 g/mol. The van der Waals surface area contributed by atoms with Gasteiger partial charge in [-0.3, -0.25) is 4.79 Å². The molecule has 0 bridgehead atoms. The van der Waals surface area contributed by atoms with Gasteiger partial charge in [-0.2, -0.15) is 0 Å². The van der Waals surface area contributed by atoms with Crippen LogP contribution in [0.3, 0.4) is 0 Å². The van der Waals surface area contributed by atoms with E-state index in [9.17, 15) is 9.59 Å². The van der Waals surface area contributed by atoms with Crippen molar-refractivity contribution >= 4 is 11.9 Å². The van der Waals surface area contributed by atoms with E-state index >= 15 is 0 Å². The van der Waals surface area contributed by atoms with E-state index in [1.165, 1.54) is 12.1 Å². The van der Waals surface area contributed by atoms with Crippen LogP contribution in [0.15, 0.2) is 24.3 Å². The summed E-state index contributed by atoms with van der Waals surface area (Å²) < 4.78 is 5.15. The molecule has 1 rings (SSSR count). The fourth-order valence-corrected chi connectivity index (χ4v) is 1.45. The quantitative estimate of drug-likeness (QED) is 0.794. The molecule has 1 aromatic carbocycles. The Morgan fingerprint density at radius 1 is 1.21 bits per heavy atom. The highest BCUT2D eigenvalue weighted by Gasteiger charge is 2.15. The summed E-state index contributed by atoms with van der Waals surface area (Å²) in [6.45, 7) is 6.05. The van der Waals surface area contributed by atoms with Crippen molar-refractivity contribution < 1.29 is 19.4 Å². The van der Waals surface area contributed by atoms with E-state index < -0.39 is 11.6 Å². The Labute approximate surface area is 112 Å². The molecule has 0 unspecified atom stereocenters. The van der Waals surface area contributed by atoms with Crippen LogP contribution >= 0.6 is 0 Å². The minimum atomic E-state index is -0.951. The van der Waals surface area contributed by atoms with Crippen molar-refractivity contribution in [2.75, 3.05) is 6.54 Å². The van der Waals surface area contributed by atoms with Crippen molar-refractivity contribution in [2.24, 2.45) is 0 Å². The van der Waals surface area contributed by atoms with Crippen LogP contribution in [-0.2, 0) is 16.1 Å².